The highest BCUT2D eigenvalue weighted by atomic mass is 19.1. The predicted octanol–water partition coefficient (Wildman–Crippen LogP) is 3.22. The number of carbonyl (C=O) groups excluding carboxylic acids is 1. The van der Waals surface area contributed by atoms with Crippen molar-refractivity contribution in [1.82, 2.24) is 0 Å². The molecule has 82 valence electrons. The Morgan fingerprint density at radius 2 is 1.73 bits per heavy atom. The lowest BCUT2D eigenvalue weighted by Crippen LogP contribution is -2.23. The van der Waals surface area contributed by atoms with E-state index in [9.17, 15) is 13.6 Å². The fourth-order valence-corrected chi connectivity index (χ4v) is 1.86. The summed E-state index contributed by atoms with van der Waals surface area (Å²) < 4.78 is 26.9. The molecule has 3 heteroatoms. The predicted molar refractivity (Wildman–Crippen MR) is 54.7 cm³/mol. The van der Waals surface area contributed by atoms with E-state index in [-0.39, 0.29) is 17.8 Å². The average molecular weight is 212 g/mol. The van der Waals surface area contributed by atoms with Crippen LogP contribution in [0.4, 0.5) is 8.78 Å². The molecule has 0 aliphatic rings. The highest BCUT2D eigenvalue weighted by Gasteiger charge is 2.28. The molecule has 0 heterocycles. The van der Waals surface area contributed by atoms with Crippen molar-refractivity contribution < 1.29 is 13.6 Å². The Morgan fingerprint density at radius 3 is 2.13 bits per heavy atom. The smallest absolute Gasteiger partial charge is 0.130 e. The summed E-state index contributed by atoms with van der Waals surface area (Å²) in [4.78, 5) is 11.0. The van der Waals surface area contributed by atoms with Crippen LogP contribution in [0.5, 0.6) is 0 Å². The van der Waals surface area contributed by atoms with Gasteiger partial charge in [0.05, 0.1) is 0 Å². The largest absolute Gasteiger partial charge is 0.300 e. The third kappa shape index (κ3) is 2.61. The summed E-state index contributed by atoms with van der Waals surface area (Å²) in [5.74, 6) is -1.27. The number of ketones is 1. The molecular weight excluding hydrogens is 198 g/mol. The molecule has 1 rings (SSSR count). The van der Waals surface area contributed by atoms with Crippen molar-refractivity contribution >= 4 is 5.78 Å². The molecule has 0 saturated heterocycles. The number of hydrogen-bond acceptors (Lipinski definition) is 1. The number of Topliss-reactive ketones (excluding diaryl/α,β-unsaturated/α-hetero) is 1. The minimum absolute atomic E-state index is 0.0137. The van der Waals surface area contributed by atoms with Gasteiger partial charge in [-0.3, -0.25) is 4.79 Å². The maximum atomic E-state index is 13.4. The fourth-order valence-electron chi connectivity index (χ4n) is 1.86. The van der Waals surface area contributed by atoms with Gasteiger partial charge in [-0.1, -0.05) is 19.9 Å². The number of carbonyl (C=O) groups is 1. The van der Waals surface area contributed by atoms with Gasteiger partial charge in [0.15, 0.2) is 0 Å². The van der Waals surface area contributed by atoms with E-state index in [1.54, 1.807) is 13.8 Å². The van der Waals surface area contributed by atoms with Gasteiger partial charge in [0.2, 0.25) is 0 Å². The number of rotatable bonds is 3. The van der Waals surface area contributed by atoms with E-state index in [0.717, 1.165) is 0 Å². The molecule has 0 bridgehead atoms. The Labute approximate surface area is 88.1 Å². The Hall–Kier alpha value is -1.25. The van der Waals surface area contributed by atoms with Crippen molar-refractivity contribution in [3.05, 3.63) is 35.4 Å². The zero-order valence-corrected chi connectivity index (χ0v) is 9.10. The van der Waals surface area contributed by atoms with Crippen molar-refractivity contribution in [2.45, 2.75) is 32.6 Å². The van der Waals surface area contributed by atoms with E-state index in [4.69, 9.17) is 0 Å². The van der Waals surface area contributed by atoms with Crippen molar-refractivity contribution in [2.75, 3.05) is 0 Å². The van der Waals surface area contributed by atoms with Crippen LogP contribution in [0.1, 0.15) is 32.8 Å². The summed E-state index contributed by atoms with van der Waals surface area (Å²) in [6, 6.07) is 3.73. The molecule has 0 radical (unpaired) electrons. The van der Waals surface area contributed by atoms with Crippen molar-refractivity contribution in [3.63, 3.8) is 0 Å². The first-order valence-electron chi connectivity index (χ1n) is 4.78. The van der Waals surface area contributed by atoms with E-state index < -0.39 is 17.0 Å². The van der Waals surface area contributed by atoms with Gasteiger partial charge in [-0.05, 0) is 19.1 Å². The molecule has 0 amide bonds. The maximum absolute atomic E-state index is 13.4. The first kappa shape index (κ1) is 11.8. The van der Waals surface area contributed by atoms with Crippen LogP contribution in [0.25, 0.3) is 0 Å². The second-order valence-electron chi connectivity index (χ2n) is 4.36. The van der Waals surface area contributed by atoms with Crippen molar-refractivity contribution in [3.8, 4) is 0 Å². The molecule has 0 unspecified atom stereocenters. The molecule has 1 nitrogen and oxygen atoms in total. The molecule has 1 aromatic carbocycles. The molecule has 1 aromatic rings. The molecule has 0 fully saturated rings. The van der Waals surface area contributed by atoms with E-state index in [0.29, 0.717) is 0 Å². The topological polar surface area (TPSA) is 17.1 Å². The second kappa shape index (κ2) is 4.09. The first-order valence-corrected chi connectivity index (χ1v) is 4.78. The molecule has 0 spiro atoms. The quantitative estimate of drug-likeness (QED) is 0.751. The van der Waals surface area contributed by atoms with E-state index in [1.807, 2.05) is 0 Å². The minimum Gasteiger partial charge on any atom is -0.300 e. The SMILES string of the molecule is CC(=O)CC(C)(C)c1c(F)cccc1F. The monoisotopic (exact) mass is 212 g/mol. The number of halogens is 2. The Morgan fingerprint density at radius 1 is 1.27 bits per heavy atom. The fraction of sp³-hybridized carbons (Fsp3) is 0.417. The summed E-state index contributed by atoms with van der Waals surface area (Å²) in [7, 11) is 0. The van der Waals surface area contributed by atoms with Crippen LogP contribution in [0.3, 0.4) is 0 Å². The van der Waals surface area contributed by atoms with E-state index in [2.05, 4.69) is 0 Å². The molecule has 0 N–H and O–H groups in total. The lowest BCUT2D eigenvalue weighted by atomic mass is 9.80. The molecule has 15 heavy (non-hydrogen) atoms. The Bertz CT molecular complexity index is 363. The van der Waals surface area contributed by atoms with Crippen LogP contribution in [-0.2, 0) is 10.2 Å². The van der Waals surface area contributed by atoms with Gasteiger partial charge in [0.25, 0.3) is 0 Å². The Kier molecular flexibility index (Phi) is 3.22. The Balaban J connectivity index is 3.19. The molecular formula is C12H14F2O. The highest BCUT2D eigenvalue weighted by Crippen LogP contribution is 2.31. The van der Waals surface area contributed by atoms with Gasteiger partial charge < -0.3 is 0 Å². The van der Waals surface area contributed by atoms with E-state index >= 15 is 0 Å². The molecule has 0 aliphatic heterocycles. The normalized spacial score (nSPS) is 11.5. The molecule has 0 aromatic heterocycles. The lowest BCUT2D eigenvalue weighted by Gasteiger charge is -2.24. The van der Waals surface area contributed by atoms with Crippen LogP contribution >= 0.6 is 0 Å². The van der Waals surface area contributed by atoms with Crippen molar-refractivity contribution in [2.24, 2.45) is 0 Å². The lowest BCUT2D eigenvalue weighted by molar-refractivity contribution is -0.118. The van der Waals surface area contributed by atoms with Crippen molar-refractivity contribution in [1.29, 1.82) is 0 Å². The van der Waals surface area contributed by atoms with Gasteiger partial charge in [0.1, 0.15) is 17.4 Å². The molecule has 0 saturated carbocycles. The first-order chi connectivity index (χ1) is 6.84. The van der Waals surface area contributed by atoms with Gasteiger partial charge in [0, 0.05) is 17.4 Å². The van der Waals surface area contributed by atoms with Crippen LogP contribution in [0.15, 0.2) is 18.2 Å². The summed E-state index contributed by atoms with van der Waals surface area (Å²) >= 11 is 0. The minimum atomic E-state index is -0.804. The standard InChI is InChI=1S/C12H14F2O/c1-8(15)7-12(2,3)11-9(13)5-4-6-10(11)14/h4-6H,7H2,1-3H3. The van der Waals surface area contributed by atoms with Crippen LogP contribution < -0.4 is 0 Å². The summed E-state index contributed by atoms with van der Waals surface area (Å²) in [6.07, 6.45) is 0.130. The highest BCUT2D eigenvalue weighted by molar-refractivity contribution is 5.77. The third-order valence-corrected chi connectivity index (χ3v) is 2.33. The zero-order valence-electron chi connectivity index (χ0n) is 9.10. The molecule has 0 aliphatic carbocycles. The zero-order chi connectivity index (χ0) is 11.6. The third-order valence-electron chi connectivity index (χ3n) is 2.33. The van der Waals surface area contributed by atoms with Gasteiger partial charge >= 0.3 is 0 Å². The summed E-state index contributed by atoms with van der Waals surface area (Å²) in [5, 5.41) is 0. The van der Waals surface area contributed by atoms with E-state index in [1.165, 1.54) is 25.1 Å². The number of benzene rings is 1. The number of hydrogen-bond donors (Lipinski definition) is 0. The summed E-state index contributed by atoms with van der Waals surface area (Å²) in [5.41, 5.74) is -0.818. The van der Waals surface area contributed by atoms with Crippen LogP contribution in [0.2, 0.25) is 0 Å². The summed E-state index contributed by atoms with van der Waals surface area (Å²) in [6.45, 7) is 4.74. The average Bonchev–Trinajstić information content (AvgIpc) is 1.99. The van der Waals surface area contributed by atoms with Crippen LogP contribution in [0, 0.1) is 11.6 Å². The van der Waals surface area contributed by atoms with Gasteiger partial charge in [-0.2, -0.15) is 0 Å². The maximum Gasteiger partial charge on any atom is 0.130 e. The van der Waals surface area contributed by atoms with Crippen LogP contribution in [-0.4, -0.2) is 5.78 Å². The van der Waals surface area contributed by atoms with Gasteiger partial charge in [-0.15, -0.1) is 0 Å². The van der Waals surface area contributed by atoms with Gasteiger partial charge in [-0.25, -0.2) is 8.78 Å². The molecule has 0 atom stereocenters. The second-order valence-corrected chi connectivity index (χ2v) is 4.36.